The van der Waals surface area contributed by atoms with E-state index in [4.69, 9.17) is 16.3 Å². The molecule has 0 bridgehead atoms. The Morgan fingerprint density at radius 3 is 2.65 bits per heavy atom. The van der Waals surface area contributed by atoms with E-state index in [0.717, 1.165) is 18.4 Å². The minimum Gasteiger partial charge on any atom is -0.469 e. The molecular formula is C34H37ClN8O5. The number of likely N-dealkylation sites (tertiary alicyclic amines) is 1. The summed E-state index contributed by atoms with van der Waals surface area (Å²) in [6.45, 7) is 5.04. The molecule has 2 amide bonds. The Labute approximate surface area is 282 Å². The van der Waals surface area contributed by atoms with Gasteiger partial charge in [0.2, 0.25) is 11.8 Å². The van der Waals surface area contributed by atoms with Crippen LogP contribution in [0.25, 0.3) is 22.9 Å². The number of methoxy groups -OCH3 is 1. The molecule has 1 unspecified atom stereocenters. The second kappa shape index (κ2) is 15.6. The van der Waals surface area contributed by atoms with Crippen LogP contribution in [-0.2, 0) is 25.5 Å². The topological polar surface area (TPSA) is 165 Å². The van der Waals surface area contributed by atoms with Gasteiger partial charge in [-0.2, -0.15) is 9.78 Å². The van der Waals surface area contributed by atoms with Crippen molar-refractivity contribution in [2.45, 2.75) is 45.6 Å². The average molecular weight is 673 g/mol. The Morgan fingerprint density at radius 1 is 1.15 bits per heavy atom. The molecule has 1 aliphatic heterocycles. The van der Waals surface area contributed by atoms with Crippen molar-refractivity contribution in [3.8, 4) is 16.8 Å². The SMILES string of the molecule is COC(=O)Cc1ccc(-c2cc([C@H](CC3CCCN(C(=O)C(C)C)C3)NC(=O)/C=C/c3cc(Cl)ccc3-n3cnnn3)n[nH]c2=O)cc1. The number of rotatable bonds is 11. The molecule has 14 heteroatoms. The van der Waals surface area contributed by atoms with Crippen LogP contribution < -0.4 is 10.9 Å². The van der Waals surface area contributed by atoms with E-state index in [1.165, 1.54) is 24.2 Å². The maximum absolute atomic E-state index is 13.5. The Bertz CT molecular complexity index is 1840. The normalized spacial score (nSPS) is 15.4. The first-order valence-corrected chi connectivity index (χ1v) is 16.0. The number of H-pyrrole nitrogens is 1. The Hall–Kier alpha value is -5.17. The van der Waals surface area contributed by atoms with Gasteiger partial charge >= 0.3 is 5.97 Å². The number of carbonyl (C=O) groups is 3. The first-order chi connectivity index (χ1) is 23.1. The lowest BCUT2D eigenvalue weighted by Crippen LogP contribution is -2.43. The highest BCUT2D eigenvalue weighted by molar-refractivity contribution is 6.30. The van der Waals surface area contributed by atoms with E-state index in [1.54, 1.807) is 54.6 Å². The zero-order valence-corrected chi connectivity index (χ0v) is 27.7. The number of tetrazole rings is 1. The van der Waals surface area contributed by atoms with E-state index in [2.05, 4.69) is 31.0 Å². The van der Waals surface area contributed by atoms with Crippen molar-refractivity contribution in [3.63, 3.8) is 0 Å². The number of esters is 1. The van der Waals surface area contributed by atoms with Gasteiger partial charge in [-0.1, -0.05) is 49.7 Å². The predicted molar refractivity (Wildman–Crippen MR) is 179 cm³/mol. The number of benzene rings is 2. The van der Waals surface area contributed by atoms with E-state index < -0.39 is 17.5 Å². The molecule has 2 aromatic heterocycles. The maximum Gasteiger partial charge on any atom is 0.309 e. The number of ether oxygens (including phenoxy) is 1. The van der Waals surface area contributed by atoms with Crippen molar-refractivity contribution in [1.82, 2.24) is 40.6 Å². The molecule has 3 heterocycles. The molecule has 48 heavy (non-hydrogen) atoms. The second-order valence-electron chi connectivity index (χ2n) is 12.0. The Kier molecular flexibility index (Phi) is 11.1. The summed E-state index contributed by atoms with van der Waals surface area (Å²) in [6.07, 6.45) is 6.79. The summed E-state index contributed by atoms with van der Waals surface area (Å²) in [5.74, 6) is -0.683. The fourth-order valence-corrected chi connectivity index (χ4v) is 5.97. The first-order valence-electron chi connectivity index (χ1n) is 15.7. The van der Waals surface area contributed by atoms with E-state index in [0.29, 0.717) is 52.6 Å². The van der Waals surface area contributed by atoms with Gasteiger partial charge in [0.05, 0.1) is 36.5 Å². The third-order valence-electron chi connectivity index (χ3n) is 8.23. The van der Waals surface area contributed by atoms with Crippen molar-refractivity contribution in [3.05, 3.63) is 93.1 Å². The third kappa shape index (κ3) is 8.59. The number of halogens is 1. The lowest BCUT2D eigenvalue weighted by atomic mass is 9.89. The van der Waals surface area contributed by atoms with Gasteiger partial charge in [0, 0.05) is 35.7 Å². The van der Waals surface area contributed by atoms with Crippen LogP contribution in [-0.4, -0.2) is 73.3 Å². The molecule has 2 N–H and O–H groups in total. The fraction of sp³-hybridized carbons (Fsp3) is 0.353. The number of carbonyl (C=O) groups excluding carboxylic acids is 3. The van der Waals surface area contributed by atoms with Gasteiger partial charge in [-0.25, -0.2) is 5.10 Å². The smallest absolute Gasteiger partial charge is 0.309 e. The van der Waals surface area contributed by atoms with Crippen molar-refractivity contribution >= 4 is 35.5 Å². The summed E-state index contributed by atoms with van der Waals surface area (Å²) in [6, 6.07) is 13.3. The van der Waals surface area contributed by atoms with Gasteiger partial charge in [-0.15, -0.1) is 5.10 Å². The quantitative estimate of drug-likeness (QED) is 0.177. The highest BCUT2D eigenvalue weighted by atomic mass is 35.5. The van der Waals surface area contributed by atoms with Crippen molar-refractivity contribution in [2.24, 2.45) is 11.8 Å². The summed E-state index contributed by atoms with van der Waals surface area (Å²) in [4.78, 5) is 52.8. The molecule has 2 aromatic carbocycles. The molecule has 1 fully saturated rings. The number of nitrogens with one attached hydrogen (secondary N) is 2. The molecule has 2 atom stereocenters. The van der Waals surface area contributed by atoms with Crippen LogP contribution in [0.5, 0.6) is 0 Å². The lowest BCUT2D eigenvalue weighted by molar-refractivity contribution is -0.140. The van der Waals surface area contributed by atoms with Gasteiger partial charge < -0.3 is 15.0 Å². The van der Waals surface area contributed by atoms with Crippen molar-refractivity contribution < 1.29 is 19.1 Å². The van der Waals surface area contributed by atoms with Crippen LogP contribution in [0.15, 0.2) is 65.7 Å². The fourth-order valence-electron chi connectivity index (χ4n) is 5.79. The van der Waals surface area contributed by atoms with E-state index >= 15 is 0 Å². The zero-order valence-electron chi connectivity index (χ0n) is 26.9. The Balaban J connectivity index is 1.43. The highest BCUT2D eigenvalue weighted by Crippen LogP contribution is 2.29. The number of aromatic nitrogens is 6. The largest absolute Gasteiger partial charge is 0.469 e. The summed E-state index contributed by atoms with van der Waals surface area (Å²) in [5.41, 5.74) is 3.06. The molecule has 0 aliphatic carbocycles. The van der Waals surface area contributed by atoms with E-state index in [9.17, 15) is 19.2 Å². The summed E-state index contributed by atoms with van der Waals surface area (Å²) >= 11 is 6.25. The summed E-state index contributed by atoms with van der Waals surface area (Å²) < 4.78 is 6.22. The highest BCUT2D eigenvalue weighted by Gasteiger charge is 2.29. The summed E-state index contributed by atoms with van der Waals surface area (Å²) in [7, 11) is 1.33. The van der Waals surface area contributed by atoms with Crippen molar-refractivity contribution in [1.29, 1.82) is 0 Å². The second-order valence-corrected chi connectivity index (χ2v) is 12.5. The molecule has 0 spiro atoms. The predicted octanol–water partition coefficient (Wildman–Crippen LogP) is 3.94. The molecule has 5 rings (SSSR count). The van der Waals surface area contributed by atoms with E-state index in [-0.39, 0.29) is 30.1 Å². The van der Waals surface area contributed by atoms with Crippen LogP contribution in [0.1, 0.15) is 56.0 Å². The molecule has 4 aromatic rings. The standard InChI is InChI=1S/C34H37ClN8O5/c1-21(2)34(47)42-14-4-5-23(19-42)15-28(37-31(44)13-10-25-17-26(35)11-12-30(25)43-20-36-40-41-43)29-18-27(33(46)39-38-29)24-8-6-22(7-9-24)16-32(45)48-3/h6-13,17-18,20-21,23,28H,4-5,14-16,19H2,1-3H3,(H,37,44)(H,39,46)/b13-10+/t23?,28-/m0/s1. The number of aromatic amines is 1. The van der Waals surface area contributed by atoms with Gasteiger partial charge in [0.25, 0.3) is 5.56 Å². The number of piperidine rings is 1. The molecule has 1 aliphatic rings. The number of amides is 2. The van der Waals surface area contributed by atoms with Crippen LogP contribution in [0.2, 0.25) is 5.02 Å². The monoisotopic (exact) mass is 672 g/mol. The van der Waals surface area contributed by atoms with Crippen molar-refractivity contribution in [2.75, 3.05) is 20.2 Å². The van der Waals surface area contributed by atoms with Gasteiger partial charge in [0.1, 0.15) is 6.33 Å². The van der Waals surface area contributed by atoms with Crippen LogP contribution in [0.3, 0.4) is 0 Å². The minimum atomic E-state index is -0.589. The summed E-state index contributed by atoms with van der Waals surface area (Å²) in [5, 5.41) is 21.8. The minimum absolute atomic E-state index is 0.0878. The molecule has 250 valence electrons. The Morgan fingerprint density at radius 2 is 1.94 bits per heavy atom. The molecule has 13 nitrogen and oxygen atoms in total. The lowest BCUT2D eigenvalue weighted by Gasteiger charge is -2.35. The third-order valence-corrected chi connectivity index (χ3v) is 8.47. The molecule has 1 saturated heterocycles. The van der Waals surface area contributed by atoms with Crippen LogP contribution >= 0.6 is 11.6 Å². The number of nitrogens with zero attached hydrogens (tertiary/aromatic N) is 6. The van der Waals surface area contributed by atoms with Gasteiger partial charge in [-0.05, 0) is 77.1 Å². The molecule has 0 saturated carbocycles. The molecule has 0 radical (unpaired) electrons. The maximum atomic E-state index is 13.5. The zero-order chi connectivity index (χ0) is 34.2. The van der Waals surface area contributed by atoms with Crippen LogP contribution in [0.4, 0.5) is 0 Å². The van der Waals surface area contributed by atoms with Gasteiger partial charge in [0.15, 0.2) is 0 Å². The van der Waals surface area contributed by atoms with E-state index in [1.807, 2.05) is 18.7 Å². The molecular weight excluding hydrogens is 636 g/mol. The number of hydrogen-bond donors (Lipinski definition) is 2. The average Bonchev–Trinajstić information content (AvgIpc) is 3.62. The first kappa shape index (κ1) is 34.2. The van der Waals surface area contributed by atoms with Crippen LogP contribution in [0, 0.1) is 11.8 Å². The van der Waals surface area contributed by atoms with Gasteiger partial charge in [-0.3, -0.25) is 19.2 Å². The number of hydrogen-bond acceptors (Lipinski definition) is 9.